The maximum absolute atomic E-state index is 2.45. The van der Waals surface area contributed by atoms with Crippen molar-refractivity contribution >= 4 is 11.8 Å². The van der Waals surface area contributed by atoms with Gasteiger partial charge in [-0.2, -0.15) is 11.8 Å². The predicted octanol–water partition coefficient (Wildman–Crippen LogP) is 3.71. The summed E-state index contributed by atoms with van der Waals surface area (Å²) in [4.78, 5) is 0. The van der Waals surface area contributed by atoms with Gasteiger partial charge in [0.2, 0.25) is 0 Å². The molecule has 0 saturated heterocycles. The molecular weight excluding hydrogens is 164 g/mol. The average Bonchev–Trinajstić information content (AvgIpc) is 2.74. The number of rotatable bonds is 3. The van der Waals surface area contributed by atoms with Crippen LogP contribution >= 0.6 is 11.8 Å². The summed E-state index contributed by atoms with van der Waals surface area (Å²) in [5, 5.41) is 0.970. The van der Waals surface area contributed by atoms with E-state index >= 15 is 0 Å². The van der Waals surface area contributed by atoms with Crippen LogP contribution in [-0.2, 0) is 0 Å². The molecule has 0 aromatic heterocycles. The van der Waals surface area contributed by atoms with Crippen LogP contribution in [0.25, 0.3) is 0 Å². The molecule has 1 unspecified atom stereocenters. The van der Waals surface area contributed by atoms with E-state index in [9.17, 15) is 0 Å². The predicted molar refractivity (Wildman–Crippen MR) is 56.6 cm³/mol. The first-order valence-electron chi connectivity index (χ1n) is 5.30. The molecule has 2 aliphatic carbocycles. The van der Waals surface area contributed by atoms with E-state index in [-0.39, 0.29) is 0 Å². The second-order valence-electron chi connectivity index (χ2n) is 5.15. The monoisotopic (exact) mass is 184 g/mol. The summed E-state index contributed by atoms with van der Waals surface area (Å²) in [5.41, 5.74) is 0.638. The van der Waals surface area contributed by atoms with Crippen molar-refractivity contribution in [2.75, 3.05) is 5.75 Å². The average molecular weight is 184 g/mol. The van der Waals surface area contributed by atoms with Gasteiger partial charge in [-0.15, -0.1) is 0 Å². The second kappa shape index (κ2) is 3.25. The summed E-state index contributed by atoms with van der Waals surface area (Å²) in [5.74, 6) is 2.56. The highest BCUT2D eigenvalue weighted by Crippen LogP contribution is 2.46. The standard InChI is InChI=1S/C11H20S/c1-11(2)7-3-4-10(11)12-8-9-5-6-9/h9-10H,3-8H2,1-2H3. The molecule has 2 aliphatic rings. The van der Waals surface area contributed by atoms with Gasteiger partial charge in [0, 0.05) is 5.25 Å². The van der Waals surface area contributed by atoms with Crippen molar-refractivity contribution in [1.82, 2.24) is 0 Å². The molecule has 0 aliphatic heterocycles. The van der Waals surface area contributed by atoms with Crippen LogP contribution in [0.4, 0.5) is 0 Å². The summed E-state index contributed by atoms with van der Waals surface area (Å²) in [6, 6.07) is 0. The van der Waals surface area contributed by atoms with E-state index in [1.165, 1.54) is 37.9 Å². The normalized spacial score (nSPS) is 34.0. The molecule has 2 fully saturated rings. The second-order valence-corrected chi connectivity index (χ2v) is 6.38. The zero-order chi connectivity index (χ0) is 8.60. The number of hydrogen-bond donors (Lipinski definition) is 0. The molecule has 70 valence electrons. The fraction of sp³-hybridized carbons (Fsp3) is 1.00. The molecule has 0 heterocycles. The van der Waals surface area contributed by atoms with Crippen molar-refractivity contribution in [3.05, 3.63) is 0 Å². The molecule has 0 aromatic rings. The molecule has 0 amide bonds. The van der Waals surface area contributed by atoms with Gasteiger partial charge in [0.25, 0.3) is 0 Å². The molecule has 0 N–H and O–H groups in total. The van der Waals surface area contributed by atoms with E-state index in [0.29, 0.717) is 5.41 Å². The SMILES string of the molecule is CC1(C)CCCC1SCC1CC1. The maximum Gasteiger partial charge on any atom is 0.00983 e. The molecule has 1 atom stereocenters. The molecule has 2 rings (SSSR count). The molecular formula is C11H20S. The Labute approximate surface area is 80.5 Å². The van der Waals surface area contributed by atoms with Crippen LogP contribution in [-0.4, -0.2) is 11.0 Å². The minimum atomic E-state index is 0.638. The van der Waals surface area contributed by atoms with Crippen molar-refractivity contribution in [3.8, 4) is 0 Å². The lowest BCUT2D eigenvalue weighted by molar-refractivity contribution is 0.393. The van der Waals surface area contributed by atoms with Crippen LogP contribution in [0.2, 0.25) is 0 Å². The number of hydrogen-bond acceptors (Lipinski definition) is 1. The van der Waals surface area contributed by atoms with Crippen LogP contribution in [0.1, 0.15) is 46.0 Å². The Morgan fingerprint density at radius 2 is 2.00 bits per heavy atom. The van der Waals surface area contributed by atoms with Gasteiger partial charge in [-0.25, -0.2) is 0 Å². The van der Waals surface area contributed by atoms with Crippen molar-refractivity contribution in [2.45, 2.75) is 51.2 Å². The summed E-state index contributed by atoms with van der Waals surface area (Å²) in [7, 11) is 0. The summed E-state index contributed by atoms with van der Waals surface area (Å²) < 4.78 is 0. The molecule has 12 heavy (non-hydrogen) atoms. The van der Waals surface area contributed by atoms with Gasteiger partial charge in [0.15, 0.2) is 0 Å². The van der Waals surface area contributed by atoms with Gasteiger partial charge >= 0.3 is 0 Å². The summed E-state index contributed by atoms with van der Waals surface area (Å²) in [6.45, 7) is 4.90. The van der Waals surface area contributed by atoms with E-state index in [4.69, 9.17) is 0 Å². The fourth-order valence-electron chi connectivity index (χ4n) is 2.14. The lowest BCUT2D eigenvalue weighted by Gasteiger charge is -2.26. The Balaban J connectivity index is 1.77. The van der Waals surface area contributed by atoms with Crippen molar-refractivity contribution < 1.29 is 0 Å². The van der Waals surface area contributed by atoms with Crippen LogP contribution in [0, 0.1) is 11.3 Å². The lowest BCUT2D eigenvalue weighted by atomic mass is 9.92. The van der Waals surface area contributed by atoms with E-state index in [0.717, 1.165) is 11.2 Å². The zero-order valence-electron chi connectivity index (χ0n) is 8.31. The van der Waals surface area contributed by atoms with Gasteiger partial charge in [-0.1, -0.05) is 20.3 Å². The van der Waals surface area contributed by atoms with Crippen molar-refractivity contribution in [1.29, 1.82) is 0 Å². The molecule has 0 spiro atoms. The molecule has 1 heteroatoms. The third-order valence-electron chi connectivity index (χ3n) is 3.39. The molecule has 0 radical (unpaired) electrons. The van der Waals surface area contributed by atoms with Crippen LogP contribution in [0.15, 0.2) is 0 Å². The Hall–Kier alpha value is 0.350. The van der Waals surface area contributed by atoms with E-state index in [1.807, 2.05) is 0 Å². The van der Waals surface area contributed by atoms with E-state index in [1.54, 1.807) is 0 Å². The van der Waals surface area contributed by atoms with Gasteiger partial charge in [-0.05, 0) is 42.8 Å². The van der Waals surface area contributed by atoms with Crippen molar-refractivity contribution in [3.63, 3.8) is 0 Å². The smallest absolute Gasteiger partial charge is 0.00983 e. The van der Waals surface area contributed by atoms with E-state index < -0.39 is 0 Å². The van der Waals surface area contributed by atoms with Crippen LogP contribution in [0.5, 0.6) is 0 Å². The first-order chi connectivity index (χ1) is 5.68. The summed E-state index contributed by atoms with van der Waals surface area (Å²) in [6.07, 6.45) is 7.43. The van der Waals surface area contributed by atoms with Crippen molar-refractivity contribution in [2.24, 2.45) is 11.3 Å². The largest absolute Gasteiger partial charge is 0.158 e. The Morgan fingerprint density at radius 3 is 2.50 bits per heavy atom. The third-order valence-corrected chi connectivity index (χ3v) is 5.33. The fourth-order valence-corrected chi connectivity index (χ4v) is 3.88. The highest BCUT2D eigenvalue weighted by molar-refractivity contribution is 7.99. The van der Waals surface area contributed by atoms with Crippen LogP contribution < -0.4 is 0 Å². The highest BCUT2D eigenvalue weighted by Gasteiger charge is 2.35. The first-order valence-corrected chi connectivity index (χ1v) is 6.35. The number of thioether (sulfide) groups is 1. The van der Waals surface area contributed by atoms with Gasteiger partial charge < -0.3 is 0 Å². The maximum atomic E-state index is 2.45. The van der Waals surface area contributed by atoms with Gasteiger partial charge in [-0.3, -0.25) is 0 Å². The van der Waals surface area contributed by atoms with Gasteiger partial charge in [0.05, 0.1) is 0 Å². The molecule has 0 nitrogen and oxygen atoms in total. The quantitative estimate of drug-likeness (QED) is 0.644. The Bertz CT molecular complexity index is 158. The Kier molecular flexibility index (Phi) is 2.42. The lowest BCUT2D eigenvalue weighted by Crippen LogP contribution is -2.20. The first kappa shape index (κ1) is 8.93. The zero-order valence-corrected chi connectivity index (χ0v) is 9.12. The van der Waals surface area contributed by atoms with Crippen LogP contribution in [0.3, 0.4) is 0 Å². The third kappa shape index (κ3) is 1.99. The van der Waals surface area contributed by atoms with E-state index in [2.05, 4.69) is 25.6 Å². The molecule has 0 aromatic carbocycles. The highest BCUT2D eigenvalue weighted by atomic mass is 32.2. The Morgan fingerprint density at radius 1 is 1.25 bits per heavy atom. The molecule has 2 saturated carbocycles. The minimum Gasteiger partial charge on any atom is -0.158 e. The minimum absolute atomic E-state index is 0.638. The van der Waals surface area contributed by atoms with Gasteiger partial charge in [0.1, 0.15) is 0 Å². The topological polar surface area (TPSA) is 0 Å². The summed E-state index contributed by atoms with van der Waals surface area (Å²) >= 11 is 2.26. The molecule has 0 bridgehead atoms.